The Morgan fingerprint density at radius 1 is 1.29 bits per heavy atom. The number of nitrogens with two attached hydrogens (primary N) is 1. The highest BCUT2D eigenvalue weighted by atomic mass is 32.2. The van der Waals surface area contributed by atoms with Crippen molar-refractivity contribution < 1.29 is 4.52 Å². The fraction of sp³-hybridized carbons (Fsp3) is 0.778. The maximum absolute atomic E-state index is 5.85. The molecule has 0 fully saturated rings. The highest BCUT2D eigenvalue weighted by molar-refractivity contribution is 7.99. The summed E-state index contributed by atoms with van der Waals surface area (Å²) < 4.78 is 4.99. The number of nitrogens with zero attached hydrogens (tertiary/aromatic N) is 2. The van der Waals surface area contributed by atoms with E-state index in [-0.39, 0.29) is 4.75 Å². The normalized spacial score (nSPS) is 13.3. The third-order valence-electron chi connectivity index (χ3n) is 2.03. The van der Waals surface area contributed by atoms with Crippen molar-refractivity contribution in [1.82, 2.24) is 10.1 Å². The molecule has 0 aliphatic carbocycles. The van der Waals surface area contributed by atoms with Crippen molar-refractivity contribution in [1.29, 1.82) is 0 Å². The number of rotatable bonds is 3. The highest BCUT2D eigenvalue weighted by Gasteiger charge is 2.29. The van der Waals surface area contributed by atoms with Crippen molar-refractivity contribution in [3.8, 4) is 0 Å². The molecule has 1 rings (SSSR count). The lowest BCUT2D eigenvalue weighted by Gasteiger charge is -2.16. The smallest absolute Gasteiger partial charge is 0.246 e. The first kappa shape index (κ1) is 11.5. The SMILES string of the molecule is CSC(C)(C)c1noc(C(C)(C)N)n1. The topological polar surface area (TPSA) is 64.9 Å². The first-order valence-electron chi connectivity index (χ1n) is 4.46. The van der Waals surface area contributed by atoms with E-state index >= 15 is 0 Å². The van der Waals surface area contributed by atoms with Crippen LogP contribution in [-0.2, 0) is 10.3 Å². The third kappa shape index (κ3) is 2.27. The summed E-state index contributed by atoms with van der Waals surface area (Å²) in [4.78, 5) is 4.30. The zero-order valence-electron chi connectivity index (χ0n) is 9.29. The van der Waals surface area contributed by atoms with E-state index < -0.39 is 5.54 Å². The monoisotopic (exact) mass is 215 g/mol. The van der Waals surface area contributed by atoms with E-state index in [1.54, 1.807) is 11.8 Å². The van der Waals surface area contributed by atoms with E-state index in [0.717, 1.165) is 0 Å². The van der Waals surface area contributed by atoms with Crippen molar-refractivity contribution in [2.75, 3.05) is 6.26 Å². The van der Waals surface area contributed by atoms with Gasteiger partial charge in [-0.05, 0) is 34.0 Å². The van der Waals surface area contributed by atoms with E-state index in [9.17, 15) is 0 Å². The fourth-order valence-electron chi connectivity index (χ4n) is 0.821. The number of hydrogen-bond acceptors (Lipinski definition) is 5. The third-order valence-corrected chi connectivity index (χ3v) is 3.23. The van der Waals surface area contributed by atoms with Gasteiger partial charge in [0, 0.05) is 0 Å². The highest BCUT2D eigenvalue weighted by Crippen LogP contribution is 2.32. The van der Waals surface area contributed by atoms with Crippen LogP contribution in [0.4, 0.5) is 0 Å². The van der Waals surface area contributed by atoms with E-state index in [1.165, 1.54) is 0 Å². The van der Waals surface area contributed by atoms with Gasteiger partial charge in [0.25, 0.3) is 0 Å². The van der Waals surface area contributed by atoms with Crippen LogP contribution in [0.5, 0.6) is 0 Å². The minimum atomic E-state index is -0.570. The molecule has 0 saturated heterocycles. The second-order valence-corrected chi connectivity index (χ2v) is 5.79. The van der Waals surface area contributed by atoms with Crippen LogP contribution in [0.15, 0.2) is 4.52 Å². The van der Waals surface area contributed by atoms with Crippen LogP contribution < -0.4 is 5.73 Å². The van der Waals surface area contributed by atoms with Gasteiger partial charge in [0.05, 0.1) is 10.3 Å². The Bertz CT molecular complexity index is 314. The summed E-state index contributed by atoms with van der Waals surface area (Å²) in [5.74, 6) is 1.17. The molecule has 14 heavy (non-hydrogen) atoms. The first-order valence-corrected chi connectivity index (χ1v) is 5.68. The summed E-state index contributed by atoms with van der Waals surface area (Å²) >= 11 is 1.68. The molecule has 4 nitrogen and oxygen atoms in total. The Kier molecular flexibility index (Phi) is 2.92. The van der Waals surface area contributed by atoms with Gasteiger partial charge in [-0.15, -0.1) is 0 Å². The minimum Gasteiger partial charge on any atom is -0.337 e. The summed E-state index contributed by atoms with van der Waals surface area (Å²) in [6.07, 6.45) is 2.02. The molecule has 0 spiro atoms. The molecule has 0 aliphatic rings. The molecule has 0 bridgehead atoms. The van der Waals surface area contributed by atoms with Gasteiger partial charge in [0.15, 0.2) is 5.82 Å². The average molecular weight is 215 g/mol. The molecule has 0 aliphatic heterocycles. The van der Waals surface area contributed by atoms with Gasteiger partial charge in [-0.1, -0.05) is 5.16 Å². The van der Waals surface area contributed by atoms with Gasteiger partial charge in [0.1, 0.15) is 0 Å². The van der Waals surface area contributed by atoms with Gasteiger partial charge in [-0.3, -0.25) is 0 Å². The second-order valence-electron chi connectivity index (χ2n) is 4.36. The number of aromatic nitrogens is 2. The predicted molar refractivity (Wildman–Crippen MR) is 58.1 cm³/mol. The lowest BCUT2D eigenvalue weighted by molar-refractivity contribution is 0.309. The standard InChI is InChI=1S/C9H17N3OS/c1-8(2,10)7-11-6(12-13-7)9(3,4)14-5/h10H2,1-5H3. The molecule has 2 N–H and O–H groups in total. The van der Waals surface area contributed by atoms with Gasteiger partial charge in [-0.25, -0.2) is 0 Å². The average Bonchev–Trinajstić information content (AvgIpc) is 2.51. The molecular formula is C9H17N3OS. The Morgan fingerprint density at radius 2 is 1.86 bits per heavy atom. The number of thioether (sulfide) groups is 1. The second kappa shape index (κ2) is 3.55. The molecule has 1 heterocycles. The zero-order valence-corrected chi connectivity index (χ0v) is 10.1. The van der Waals surface area contributed by atoms with Gasteiger partial charge < -0.3 is 10.3 Å². The van der Waals surface area contributed by atoms with Crippen LogP contribution >= 0.6 is 11.8 Å². The Balaban J connectivity index is 3.00. The Morgan fingerprint density at radius 3 is 2.21 bits per heavy atom. The van der Waals surface area contributed by atoms with E-state index in [2.05, 4.69) is 24.0 Å². The van der Waals surface area contributed by atoms with Gasteiger partial charge in [-0.2, -0.15) is 16.7 Å². The van der Waals surface area contributed by atoms with Gasteiger partial charge in [0.2, 0.25) is 5.89 Å². The molecule has 80 valence electrons. The van der Waals surface area contributed by atoms with Gasteiger partial charge >= 0.3 is 0 Å². The molecule has 0 unspecified atom stereocenters. The molecule has 1 aromatic rings. The molecular weight excluding hydrogens is 198 g/mol. The molecule has 0 radical (unpaired) electrons. The van der Waals surface area contributed by atoms with Crippen LogP contribution in [-0.4, -0.2) is 16.4 Å². The van der Waals surface area contributed by atoms with Crippen molar-refractivity contribution in [3.05, 3.63) is 11.7 Å². The predicted octanol–water partition coefficient (Wildman–Crippen LogP) is 1.86. The van der Waals surface area contributed by atoms with Crippen molar-refractivity contribution >= 4 is 11.8 Å². The van der Waals surface area contributed by atoms with Crippen molar-refractivity contribution in [2.45, 2.75) is 38.0 Å². The van der Waals surface area contributed by atoms with E-state index in [1.807, 2.05) is 20.1 Å². The molecule has 5 heteroatoms. The van der Waals surface area contributed by atoms with Crippen LogP contribution in [0.1, 0.15) is 39.4 Å². The fourth-order valence-corrected chi connectivity index (χ4v) is 1.09. The zero-order chi connectivity index (χ0) is 11.0. The Hall–Kier alpha value is -0.550. The van der Waals surface area contributed by atoms with Crippen LogP contribution in [0.2, 0.25) is 0 Å². The summed E-state index contributed by atoms with van der Waals surface area (Å²) in [5.41, 5.74) is 5.28. The minimum absolute atomic E-state index is 0.132. The maximum atomic E-state index is 5.85. The van der Waals surface area contributed by atoms with Crippen molar-refractivity contribution in [3.63, 3.8) is 0 Å². The summed E-state index contributed by atoms with van der Waals surface area (Å²) in [5, 5.41) is 3.94. The van der Waals surface area contributed by atoms with E-state index in [4.69, 9.17) is 10.3 Å². The van der Waals surface area contributed by atoms with Crippen LogP contribution in [0.3, 0.4) is 0 Å². The van der Waals surface area contributed by atoms with Crippen molar-refractivity contribution in [2.24, 2.45) is 5.73 Å². The molecule has 0 atom stereocenters. The molecule has 0 aromatic carbocycles. The summed E-state index contributed by atoms with van der Waals surface area (Å²) in [7, 11) is 0. The quantitative estimate of drug-likeness (QED) is 0.833. The molecule has 0 amide bonds. The molecule has 0 saturated carbocycles. The number of hydrogen-bond donors (Lipinski definition) is 1. The molecule has 1 aromatic heterocycles. The largest absolute Gasteiger partial charge is 0.337 e. The lowest BCUT2D eigenvalue weighted by atomic mass is 10.1. The summed E-state index contributed by atoms with van der Waals surface area (Å²) in [6, 6.07) is 0. The maximum Gasteiger partial charge on any atom is 0.246 e. The van der Waals surface area contributed by atoms with Crippen LogP contribution in [0.25, 0.3) is 0 Å². The Labute approximate surface area is 88.6 Å². The lowest BCUT2D eigenvalue weighted by Crippen LogP contribution is -2.29. The summed E-state index contributed by atoms with van der Waals surface area (Å²) in [6.45, 7) is 7.79. The van der Waals surface area contributed by atoms with E-state index in [0.29, 0.717) is 11.7 Å². The first-order chi connectivity index (χ1) is 6.27. The van der Waals surface area contributed by atoms with Crippen LogP contribution in [0, 0.1) is 0 Å².